The first kappa shape index (κ1) is 8.54. The highest BCUT2D eigenvalue weighted by Crippen LogP contribution is 2.24. The fourth-order valence-electron chi connectivity index (χ4n) is 1.53. The van der Waals surface area contributed by atoms with Gasteiger partial charge in [0.1, 0.15) is 0 Å². The molecule has 1 nitrogen and oxygen atoms in total. The Balaban J connectivity index is 2.22. The molecule has 11 heavy (non-hydrogen) atoms. The van der Waals surface area contributed by atoms with Gasteiger partial charge in [0.2, 0.25) is 0 Å². The van der Waals surface area contributed by atoms with Crippen molar-refractivity contribution in [3.8, 4) is 0 Å². The zero-order valence-corrected chi connectivity index (χ0v) is 6.96. The van der Waals surface area contributed by atoms with Gasteiger partial charge in [0.25, 0.3) is 0 Å². The van der Waals surface area contributed by atoms with E-state index in [1.807, 2.05) is 12.2 Å². The normalized spacial score (nSPS) is 30.2. The molecule has 0 saturated carbocycles. The van der Waals surface area contributed by atoms with Gasteiger partial charge >= 0.3 is 0 Å². The van der Waals surface area contributed by atoms with Gasteiger partial charge in [-0.15, -0.1) is 13.2 Å². The van der Waals surface area contributed by atoms with Gasteiger partial charge in [0.15, 0.2) is 0 Å². The summed E-state index contributed by atoms with van der Waals surface area (Å²) < 4.78 is 5.54. The topological polar surface area (TPSA) is 9.23 Å². The second kappa shape index (κ2) is 4.35. The van der Waals surface area contributed by atoms with Crippen molar-refractivity contribution in [2.75, 3.05) is 6.61 Å². The van der Waals surface area contributed by atoms with E-state index in [0.29, 0.717) is 12.0 Å². The highest BCUT2D eigenvalue weighted by Gasteiger charge is 2.22. The summed E-state index contributed by atoms with van der Waals surface area (Å²) >= 11 is 0. The molecule has 62 valence electrons. The molecular weight excluding hydrogens is 136 g/mol. The molecule has 0 aromatic carbocycles. The van der Waals surface area contributed by atoms with E-state index >= 15 is 0 Å². The SMILES string of the molecule is C=CCC1COC(CC=C)C1. The summed E-state index contributed by atoms with van der Waals surface area (Å²) in [6.07, 6.45) is 7.60. The van der Waals surface area contributed by atoms with E-state index in [2.05, 4.69) is 13.2 Å². The van der Waals surface area contributed by atoms with Gasteiger partial charge in [-0.3, -0.25) is 0 Å². The molecule has 0 spiro atoms. The molecule has 2 atom stereocenters. The number of rotatable bonds is 4. The maximum atomic E-state index is 5.54. The van der Waals surface area contributed by atoms with E-state index in [9.17, 15) is 0 Å². The van der Waals surface area contributed by atoms with Crippen molar-refractivity contribution in [1.82, 2.24) is 0 Å². The number of hydrogen-bond acceptors (Lipinski definition) is 1. The average Bonchev–Trinajstić information content (AvgIpc) is 2.38. The van der Waals surface area contributed by atoms with Crippen LogP contribution in [0.4, 0.5) is 0 Å². The highest BCUT2D eigenvalue weighted by atomic mass is 16.5. The highest BCUT2D eigenvalue weighted by molar-refractivity contribution is 4.83. The Bertz CT molecular complexity index is 124. The van der Waals surface area contributed by atoms with Crippen molar-refractivity contribution >= 4 is 0 Å². The van der Waals surface area contributed by atoms with Crippen LogP contribution in [-0.4, -0.2) is 12.7 Å². The predicted octanol–water partition coefficient (Wildman–Crippen LogP) is 2.54. The largest absolute Gasteiger partial charge is 0.378 e. The zero-order valence-electron chi connectivity index (χ0n) is 6.96. The molecule has 1 heteroatoms. The monoisotopic (exact) mass is 152 g/mol. The first-order valence-electron chi connectivity index (χ1n) is 4.20. The van der Waals surface area contributed by atoms with Gasteiger partial charge in [0.05, 0.1) is 12.7 Å². The molecule has 1 saturated heterocycles. The Morgan fingerprint density at radius 3 is 2.64 bits per heavy atom. The molecule has 1 aliphatic heterocycles. The number of allylic oxidation sites excluding steroid dienone is 1. The van der Waals surface area contributed by atoms with Crippen LogP contribution < -0.4 is 0 Å². The van der Waals surface area contributed by atoms with Crippen LogP contribution in [0, 0.1) is 5.92 Å². The smallest absolute Gasteiger partial charge is 0.0613 e. The third-order valence-electron chi connectivity index (χ3n) is 2.09. The summed E-state index contributed by atoms with van der Waals surface area (Å²) in [6, 6.07) is 0. The van der Waals surface area contributed by atoms with Crippen LogP contribution >= 0.6 is 0 Å². The summed E-state index contributed by atoms with van der Waals surface area (Å²) in [7, 11) is 0. The predicted molar refractivity (Wildman–Crippen MR) is 47.5 cm³/mol. The summed E-state index contributed by atoms with van der Waals surface area (Å²) in [5, 5.41) is 0. The van der Waals surface area contributed by atoms with Gasteiger partial charge < -0.3 is 4.74 Å². The van der Waals surface area contributed by atoms with Gasteiger partial charge in [-0.25, -0.2) is 0 Å². The van der Waals surface area contributed by atoms with E-state index in [1.165, 1.54) is 6.42 Å². The number of hydrogen-bond donors (Lipinski definition) is 0. The Morgan fingerprint density at radius 1 is 1.27 bits per heavy atom. The van der Waals surface area contributed by atoms with Crippen molar-refractivity contribution in [3.63, 3.8) is 0 Å². The van der Waals surface area contributed by atoms with Crippen molar-refractivity contribution in [2.24, 2.45) is 5.92 Å². The molecule has 0 aliphatic carbocycles. The molecule has 1 fully saturated rings. The maximum absolute atomic E-state index is 5.54. The molecule has 1 aliphatic rings. The molecule has 0 amide bonds. The van der Waals surface area contributed by atoms with Gasteiger partial charge in [-0.1, -0.05) is 12.2 Å². The summed E-state index contributed by atoms with van der Waals surface area (Å²) in [6.45, 7) is 8.32. The molecule has 0 aromatic heterocycles. The lowest BCUT2D eigenvalue weighted by atomic mass is 10.0. The minimum atomic E-state index is 0.428. The van der Waals surface area contributed by atoms with E-state index in [4.69, 9.17) is 4.74 Å². The molecule has 2 unspecified atom stereocenters. The minimum absolute atomic E-state index is 0.428. The van der Waals surface area contributed by atoms with Crippen LogP contribution in [0.1, 0.15) is 19.3 Å². The fourth-order valence-corrected chi connectivity index (χ4v) is 1.53. The second-order valence-corrected chi connectivity index (χ2v) is 3.11. The van der Waals surface area contributed by atoms with Gasteiger partial charge in [-0.2, -0.15) is 0 Å². The summed E-state index contributed by atoms with van der Waals surface area (Å²) in [5.41, 5.74) is 0. The van der Waals surface area contributed by atoms with Crippen LogP contribution in [0.5, 0.6) is 0 Å². The maximum Gasteiger partial charge on any atom is 0.0613 e. The molecule has 0 aromatic rings. The Kier molecular flexibility index (Phi) is 3.37. The molecule has 0 bridgehead atoms. The van der Waals surface area contributed by atoms with Crippen LogP contribution in [0.2, 0.25) is 0 Å². The fraction of sp³-hybridized carbons (Fsp3) is 0.600. The van der Waals surface area contributed by atoms with Gasteiger partial charge in [-0.05, 0) is 25.2 Å². The Labute approximate surface area is 68.8 Å². The van der Waals surface area contributed by atoms with E-state index in [1.54, 1.807) is 0 Å². The van der Waals surface area contributed by atoms with E-state index < -0.39 is 0 Å². The van der Waals surface area contributed by atoms with Crippen molar-refractivity contribution in [2.45, 2.75) is 25.4 Å². The molecule has 1 rings (SSSR count). The minimum Gasteiger partial charge on any atom is -0.378 e. The van der Waals surface area contributed by atoms with Crippen LogP contribution in [0.3, 0.4) is 0 Å². The third kappa shape index (κ3) is 2.51. The first-order chi connectivity index (χ1) is 5.36. The van der Waals surface area contributed by atoms with Crippen LogP contribution in [0.25, 0.3) is 0 Å². The van der Waals surface area contributed by atoms with Crippen LogP contribution in [0.15, 0.2) is 25.3 Å². The lowest BCUT2D eigenvalue weighted by molar-refractivity contribution is 0.109. The summed E-state index contributed by atoms with van der Waals surface area (Å²) in [4.78, 5) is 0. The quantitative estimate of drug-likeness (QED) is 0.562. The second-order valence-electron chi connectivity index (χ2n) is 3.11. The standard InChI is InChI=1S/C10H16O/c1-3-5-9-7-10(6-4-2)11-8-9/h3-4,9-10H,1-2,5-8H2. The molecule has 0 radical (unpaired) electrons. The lowest BCUT2D eigenvalue weighted by Gasteiger charge is -2.03. The third-order valence-corrected chi connectivity index (χ3v) is 2.09. The zero-order chi connectivity index (χ0) is 8.10. The molecular formula is C10H16O. The first-order valence-corrected chi connectivity index (χ1v) is 4.20. The van der Waals surface area contributed by atoms with Crippen molar-refractivity contribution in [1.29, 1.82) is 0 Å². The number of ether oxygens (including phenoxy) is 1. The molecule has 0 N–H and O–H groups in total. The average molecular weight is 152 g/mol. The van der Waals surface area contributed by atoms with Crippen molar-refractivity contribution in [3.05, 3.63) is 25.3 Å². The van der Waals surface area contributed by atoms with Gasteiger partial charge in [0, 0.05) is 0 Å². The van der Waals surface area contributed by atoms with Crippen molar-refractivity contribution < 1.29 is 4.74 Å². The Hall–Kier alpha value is -0.560. The Morgan fingerprint density at radius 2 is 2.00 bits per heavy atom. The van der Waals surface area contributed by atoms with E-state index in [0.717, 1.165) is 19.4 Å². The summed E-state index contributed by atoms with van der Waals surface area (Å²) in [5.74, 6) is 0.706. The van der Waals surface area contributed by atoms with Crippen LogP contribution in [-0.2, 0) is 4.74 Å². The lowest BCUT2D eigenvalue weighted by Crippen LogP contribution is -2.02. The molecule has 1 heterocycles. The van der Waals surface area contributed by atoms with E-state index in [-0.39, 0.29) is 0 Å².